The molecule has 0 spiro atoms. The first-order chi connectivity index (χ1) is 10.3. The van der Waals surface area contributed by atoms with Crippen molar-refractivity contribution in [2.45, 2.75) is 24.3 Å². The van der Waals surface area contributed by atoms with Crippen LogP contribution in [-0.4, -0.2) is 49.1 Å². The Morgan fingerprint density at radius 2 is 1.77 bits per heavy atom. The van der Waals surface area contributed by atoms with Crippen LogP contribution in [-0.2, 0) is 16.2 Å². The normalized spacial score (nSPS) is 21.1. The minimum atomic E-state index is -4.41. The minimum absolute atomic E-state index is 0.235. The predicted molar refractivity (Wildman–Crippen MR) is 75.0 cm³/mol. The van der Waals surface area contributed by atoms with Gasteiger partial charge in [0, 0.05) is 32.4 Å². The molecule has 1 aliphatic heterocycles. The van der Waals surface area contributed by atoms with E-state index < -0.39 is 21.8 Å². The van der Waals surface area contributed by atoms with Crippen molar-refractivity contribution in [1.29, 1.82) is 0 Å². The van der Waals surface area contributed by atoms with Gasteiger partial charge >= 0.3 is 6.18 Å². The zero-order valence-electron chi connectivity index (χ0n) is 11.8. The number of aromatic nitrogens is 1. The maximum atomic E-state index is 12.7. The Bertz CT molecular complexity index is 651. The molecule has 22 heavy (non-hydrogen) atoms. The van der Waals surface area contributed by atoms with E-state index in [1.165, 1.54) is 4.31 Å². The topological polar surface area (TPSA) is 53.5 Å². The molecule has 0 radical (unpaired) electrons. The molecule has 1 aromatic rings. The first kappa shape index (κ1) is 15.5. The van der Waals surface area contributed by atoms with Gasteiger partial charge in [0.15, 0.2) is 0 Å². The number of nitrogens with zero attached hydrogens (tertiary/aromatic N) is 3. The van der Waals surface area contributed by atoms with Gasteiger partial charge in [0.05, 0.1) is 10.8 Å². The van der Waals surface area contributed by atoms with Gasteiger partial charge in [-0.2, -0.15) is 17.5 Å². The van der Waals surface area contributed by atoms with E-state index >= 15 is 0 Å². The van der Waals surface area contributed by atoms with Gasteiger partial charge in [-0.15, -0.1) is 0 Å². The van der Waals surface area contributed by atoms with Crippen LogP contribution in [0.2, 0.25) is 0 Å². The lowest BCUT2D eigenvalue weighted by molar-refractivity contribution is -0.137. The van der Waals surface area contributed by atoms with E-state index in [9.17, 15) is 21.6 Å². The predicted octanol–water partition coefficient (Wildman–Crippen LogP) is 1.71. The zero-order chi connectivity index (χ0) is 16.0. The summed E-state index contributed by atoms with van der Waals surface area (Å²) in [5.41, 5.74) is -0.745. The van der Waals surface area contributed by atoms with Gasteiger partial charge in [-0.1, -0.05) is 0 Å². The van der Waals surface area contributed by atoms with Gasteiger partial charge in [0.25, 0.3) is 0 Å². The van der Waals surface area contributed by atoms with Crippen molar-refractivity contribution in [1.82, 2.24) is 9.29 Å². The molecule has 0 N–H and O–H groups in total. The van der Waals surface area contributed by atoms with Crippen molar-refractivity contribution in [2.24, 2.45) is 0 Å². The molecule has 2 aliphatic rings. The Kier molecular flexibility index (Phi) is 3.80. The maximum absolute atomic E-state index is 12.7. The van der Waals surface area contributed by atoms with E-state index in [2.05, 4.69) is 4.98 Å². The van der Waals surface area contributed by atoms with Crippen LogP contribution >= 0.6 is 0 Å². The number of pyridine rings is 1. The molecular weight excluding hydrogens is 319 g/mol. The van der Waals surface area contributed by atoms with Crippen LogP contribution in [0.5, 0.6) is 0 Å². The molecule has 0 amide bonds. The van der Waals surface area contributed by atoms with Crippen molar-refractivity contribution in [3.05, 3.63) is 23.9 Å². The van der Waals surface area contributed by atoms with Crippen molar-refractivity contribution in [3.8, 4) is 0 Å². The van der Waals surface area contributed by atoms with Crippen LogP contribution in [0.1, 0.15) is 18.4 Å². The fourth-order valence-electron chi connectivity index (χ4n) is 2.52. The molecule has 1 aromatic heterocycles. The van der Waals surface area contributed by atoms with E-state index in [-0.39, 0.29) is 24.2 Å². The summed E-state index contributed by atoms with van der Waals surface area (Å²) in [5, 5.41) is -0.259. The number of piperazine rings is 1. The number of hydrogen-bond acceptors (Lipinski definition) is 4. The number of hydrogen-bond donors (Lipinski definition) is 0. The van der Waals surface area contributed by atoms with Crippen molar-refractivity contribution in [2.75, 3.05) is 31.1 Å². The molecule has 122 valence electrons. The van der Waals surface area contributed by atoms with Crippen LogP contribution in [0, 0.1) is 0 Å². The van der Waals surface area contributed by atoms with Crippen LogP contribution in [0.15, 0.2) is 18.3 Å². The smallest absolute Gasteiger partial charge is 0.354 e. The van der Waals surface area contributed by atoms with Gasteiger partial charge < -0.3 is 4.90 Å². The summed E-state index contributed by atoms with van der Waals surface area (Å²) in [4.78, 5) is 5.66. The van der Waals surface area contributed by atoms with Crippen molar-refractivity contribution >= 4 is 15.8 Å². The van der Waals surface area contributed by atoms with Gasteiger partial charge in [-0.25, -0.2) is 13.4 Å². The summed E-state index contributed by atoms with van der Waals surface area (Å²) in [6, 6.07) is 1.93. The third-order valence-electron chi connectivity index (χ3n) is 3.94. The first-order valence-electron chi connectivity index (χ1n) is 7.05. The van der Waals surface area contributed by atoms with Gasteiger partial charge in [-0.05, 0) is 25.0 Å². The minimum Gasteiger partial charge on any atom is -0.354 e. The van der Waals surface area contributed by atoms with Crippen molar-refractivity contribution in [3.63, 3.8) is 0 Å². The third-order valence-corrected chi connectivity index (χ3v) is 6.34. The maximum Gasteiger partial charge on any atom is 0.416 e. The largest absolute Gasteiger partial charge is 0.416 e. The van der Waals surface area contributed by atoms with E-state index in [1.807, 2.05) is 0 Å². The highest BCUT2D eigenvalue weighted by Gasteiger charge is 2.41. The van der Waals surface area contributed by atoms with Crippen LogP contribution < -0.4 is 4.90 Å². The lowest BCUT2D eigenvalue weighted by atomic mass is 10.2. The fraction of sp³-hybridized carbons (Fsp3) is 0.615. The number of anilines is 1. The second kappa shape index (κ2) is 5.38. The fourth-order valence-corrected chi connectivity index (χ4v) is 4.34. The Morgan fingerprint density at radius 1 is 1.14 bits per heavy atom. The third kappa shape index (κ3) is 3.05. The summed E-state index contributed by atoms with van der Waals surface area (Å²) in [6.45, 7) is 1.27. The molecule has 2 fully saturated rings. The van der Waals surface area contributed by atoms with E-state index in [4.69, 9.17) is 0 Å². The SMILES string of the molecule is O=S(=O)(C1CC1)N1CCN(c2cc(C(F)(F)F)ccn2)CC1. The summed E-state index contributed by atoms with van der Waals surface area (Å²) in [7, 11) is -3.22. The average molecular weight is 335 g/mol. The van der Waals surface area contributed by atoms with E-state index in [0.717, 1.165) is 18.3 Å². The lowest BCUT2D eigenvalue weighted by Crippen LogP contribution is -2.49. The monoisotopic (exact) mass is 335 g/mol. The number of sulfonamides is 1. The number of rotatable bonds is 3. The van der Waals surface area contributed by atoms with Crippen LogP contribution in [0.3, 0.4) is 0 Å². The molecule has 0 atom stereocenters. The summed E-state index contributed by atoms with van der Waals surface area (Å²) in [5.74, 6) is 0.235. The molecule has 0 bridgehead atoms. The standard InChI is InChI=1S/C13H16F3N3O2S/c14-13(15,16)10-3-4-17-12(9-10)18-5-7-19(8-6-18)22(20,21)11-1-2-11/h3-4,9,11H,1-2,5-8H2. The summed E-state index contributed by atoms with van der Waals surface area (Å²) >= 11 is 0. The number of alkyl halides is 3. The molecule has 2 heterocycles. The molecule has 1 saturated heterocycles. The Balaban J connectivity index is 1.69. The Labute approximate surface area is 126 Å². The highest BCUT2D eigenvalue weighted by Crippen LogP contribution is 2.33. The van der Waals surface area contributed by atoms with Gasteiger partial charge in [0.1, 0.15) is 5.82 Å². The van der Waals surface area contributed by atoms with E-state index in [1.54, 1.807) is 4.90 Å². The molecule has 0 unspecified atom stereocenters. The highest BCUT2D eigenvalue weighted by atomic mass is 32.2. The molecule has 0 aromatic carbocycles. The van der Waals surface area contributed by atoms with Crippen LogP contribution in [0.25, 0.3) is 0 Å². The first-order valence-corrected chi connectivity index (χ1v) is 8.56. The number of halogens is 3. The average Bonchev–Trinajstić information content (AvgIpc) is 3.32. The highest BCUT2D eigenvalue weighted by molar-refractivity contribution is 7.90. The zero-order valence-corrected chi connectivity index (χ0v) is 12.6. The molecule has 3 rings (SSSR count). The lowest BCUT2D eigenvalue weighted by Gasteiger charge is -2.34. The molecule has 1 saturated carbocycles. The Morgan fingerprint density at radius 3 is 2.32 bits per heavy atom. The van der Waals surface area contributed by atoms with Gasteiger partial charge in [-0.3, -0.25) is 0 Å². The summed E-state index contributed by atoms with van der Waals surface area (Å²) < 4.78 is 63.8. The molecular formula is C13H16F3N3O2S. The van der Waals surface area contributed by atoms with Gasteiger partial charge in [0.2, 0.25) is 10.0 Å². The quantitative estimate of drug-likeness (QED) is 0.844. The Hall–Kier alpha value is -1.35. The second-order valence-corrected chi connectivity index (χ2v) is 7.74. The van der Waals surface area contributed by atoms with Crippen LogP contribution in [0.4, 0.5) is 19.0 Å². The molecule has 1 aliphatic carbocycles. The second-order valence-electron chi connectivity index (χ2n) is 5.53. The van der Waals surface area contributed by atoms with Crippen molar-refractivity contribution < 1.29 is 21.6 Å². The molecule has 5 nitrogen and oxygen atoms in total. The summed E-state index contributed by atoms with van der Waals surface area (Å²) in [6.07, 6.45) is -1.87. The molecule has 9 heteroatoms. The van der Waals surface area contributed by atoms with E-state index in [0.29, 0.717) is 25.9 Å².